The second-order valence-electron chi connectivity index (χ2n) is 6.00. The number of methoxy groups -OCH3 is 1. The van der Waals surface area contributed by atoms with Crippen LogP contribution in [0.2, 0.25) is 0 Å². The van der Waals surface area contributed by atoms with Gasteiger partial charge in [-0.25, -0.2) is 17.2 Å². The third kappa shape index (κ3) is 3.87. The predicted molar refractivity (Wildman–Crippen MR) is 91.6 cm³/mol. The number of benzene rings is 2. The minimum Gasteiger partial charge on any atom is -0.485 e. The average Bonchev–Trinajstić information content (AvgIpc) is 2.69. The number of sulfonamides is 1. The second-order valence-corrected chi connectivity index (χ2v) is 7.88. The Morgan fingerprint density at radius 1 is 1.19 bits per heavy atom. The molecule has 2 aromatic rings. The van der Waals surface area contributed by atoms with E-state index in [1.807, 2.05) is 0 Å². The van der Waals surface area contributed by atoms with Crippen LogP contribution in [-0.2, 0) is 21.2 Å². The summed E-state index contributed by atoms with van der Waals surface area (Å²) in [5.74, 6) is -1.23. The van der Waals surface area contributed by atoms with Crippen molar-refractivity contribution in [3.05, 3.63) is 59.7 Å². The molecule has 0 aliphatic carbocycles. The van der Waals surface area contributed by atoms with E-state index >= 15 is 0 Å². The summed E-state index contributed by atoms with van der Waals surface area (Å²) in [7, 11) is -2.59. The summed E-state index contributed by atoms with van der Waals surface area (Å²) in [6, 6.07) is 9.75. The Morgan fingerprint density at radius 2 is 1.92 bits per heavy atom. The van der Waals surface area contributed by atoms with Crippen molar-refractivity contribution in [1.29, 1.82) is 0 Å². The molecule has 0 aromatic heterocycles. The van der Waals surface area contributed by atoms with Crippen LogP contribution in [0.1, 0.15) is 5.56 Å². The lowest BCUT2D eigenvalue weighted by Gasteiger charge is -2.22. The highest BCUT2D eigenvalue weighted by molar-refractivity contribution is 7.89. The van der Waals surface area contributed by atoms with Crippen molar-refractivity contribution in [3.63, 3.8) is 0 Å². The first kappa shape index (κ1) is 18.8. The fourth-order valence-corrected chi connectivity index (χ4v) is 4.53. The number of rotatable bonds is 5. The maximum Gasteiger partial charge on any atom is 0.249 e. The lowest BCUT2D eigenvalue weighted by molar-refractivity contribution is 0.0703. The van der Waals surface area contributed by atoms with Gasteiger partial charge in [-0.3, -0.25) is 0 Å². The van der Waals surface area contributed by atoms with Gasteiger partial charge in [0.05, 0.1) is 13.2 Å². The van der Waals surface area contributed by atoms with Gasteiger partial charge >= 0.3 is 0 Å². The van der Waals surface area contributed by atoms with Gasteiger partial charge < -0.3 is 9.47 Å². The van der Waals surface area contributed by atoms with Crippen molar-refractivity contribution in [2.24, 2.45) is 0 Å². The number of halogens is 2. The molecule has 0 fully saturated rings. The number of fused-ring (bicyclic) bond motifs is 1. The third-order valence-corrected chi connectivity index (χ3v) is 6.07. The van der Waals surface area contributed by atoms with Crippen molar-refractivity contribution < 1.29 is 26.7 Å². The van der Waals surface area contributed by atoms with Gasteiger partial charge in [-0.15, -0.1) is 0 Å². The van der Waals surface area contributed by atoms with Crippen LogP contribution in [0.3, 0.4) is 0 Å². The lowest BCUT2D eigenvalue weighted by atomic mass is 10.1. The fraction of sp³-hybridized carbons (Fsp3) is 0.333. The zero-order chi connectivity index (χ0) is 18.7. The summed E-state index contributed by atoms with van der Waals surface area (Å²) in [5, 5.41) is 0. The molecule has 1 unspecified atom stereocenters. The quantitative estimate of drug-likeness (QED) is 0.797. The summed E-state index contributed by atoms with van der Waals surface area (Å²) >= 11 is 0. The van der Waals surface area contributed by atoms with E-state index in [4.69, 9.17) is 9.47 Å². The van der Waals surface area contributed by atoms with E-state index < -0.39 is 26.8 Å². The SMILES string of the molecule is COCC1CN(CCc2ccc(F)cc2)S(=O)(=O)c2c(F)cccc2O1. The first-order valence-corrected chi connectivity index (χ1v) is 9.54. The van der Waals surface area contributed by atoms with Crippen LogP contribution in [0.5, 0.6) is 5.75 Å². The topological polar surface area (TPSA) is 55.8 Å². The van der Waals surface area contributed by atoms with Crippen LogP contribution in [0.4, 0.5) is 8.78 Å². The Kier molecular flexibility index (Phi) is 5.55. The van der Waals surface area contributed by atoms with Gasteiger partial charge in [0.25, 0.3) is 0 Å². The third-order valence-electron chi connectivity index (χ3n) is 4.15. The molecule has 0 amide bonds. The Morgan fingerprint density at radius 3 is 2.62 bits per heavy atom. The van der Waals surface area contributed by atoms with E-state index in [1.54, 1.807) is 12.1 Å². The second kappa shape index (κ2) is 7.69. The van der Waals surface area contributed by atoms with Crippen LogP contribution < -0.4 is 4.74 Å². The van der Waals surface area contributed by atoms with E-state index in [1.165, 1.54) is 35.7 Å². The molecule has 26 heavy (non-hydrogen) atoms. The van der Waals surface area contributed by atoms with Gasteiger partial charge in [0.1, 0.15) is 23.5 Å². The van der Waals surface area contributed by atoms with Crippen LogP contribution in [0.15, 0.2) is 47.4 Å². The summed E-state index contributed by atoms with van der Waals surface area (Å²) in [4.78, 5) is -0.460. The normalized spacial score (nSPS) is 19.4. The first-order chi connectivity index (χ1) is 12.4. The van der Waals surface area contributed by atoms with Crippen molar-refractivity contribution in [1.82, 2.24) is 4.31 Å². The van der Waals surface area contributed by atoms with Crippen LogP contribution in [-0.4, -0.2) is 45.6 Å². The lowest BCUT2D eigenvalue weighted by Crippen LogP contribution is -2.40. The van der Waals surface area contributed by atoms with Crippen molar-refractivity contribution >= 4 is 10.0 Å². The zero-order valence-corrected chi connectivity index (χ0v) is 15.0. The number of hydrogen-bond donors (Lipinski definition) is 0. The van der Waals surface area contributed by atoms with Crippen LogP contribution in [0, 0.1) is 11.6 Å². The average molecular weight is 383 g/mol. The molecule has 0 N–H and O–H groups in total. The van der Waals surface area contributed by atoms with Crippen molar-refractivity contribution in [2.75, 3.05) is 26.8 Å². The van der Waals surface area contributed by atoms with E-state index in [9.17, 15) is 17.2 Å². The van der Waals surface area contributed by atoms with Crippen LogP contribution in [0.25, 0.3) is 0 Å². The molecular formula is C18H19F2NO4S. The molecule has 5 nitrogen and oxygen atoms in total. The maximum atomic E-state index is 14.3. The Labute approximate surface area is 151 Å². The largest absolute Gasteiger partial charge is 0.485 e. The molecule has 1 aliphatic heterocycles. The molecule has 0 bridgehead atoms. The smallest absolute Gasteiger partial charge is 0.249 e. The zero-order valence-electron chi connectivity index (χ0n) is 14.2. The van der Waals surface area contributed by atoms with Gasteiger partial charge in [0.15, 0.2) is 4.90 Å². The molecular weight excluding hydrogens is 364 g/mol. The van der Waals surface area contributed by atoms with Gasteiger partial charge in [0.2, 0.25) is 10.0 Å². The summed E-state index contributed by atoms with van der Waals surface area (Å²) in [6.45, 7) is 0.315. The molecule has 0 spiro atoms. The van der Waals surface area contributed by atoms with Crippen molar-refractivity contribution in [3.8, 4) is 5.75 Å². The highest BCUT2D eigenvalue weighted by Gasteiger charge is 2.36. The number of hydrogen-bond acceptors (Lipinski definition) is 4. The standard InChI is InChI=1S/C18H19F2NO4S/c1-24-12-15-11-21(10-9-13-5-7-14(19)8-6-13)26(22,23)18-16(20)3-2-4-17(18)25-15/h2-8,15H,9-12H2,1H3. The van der Waals surface area contributed by atoms with Gasteiger partial charge in [0, 0.05) is 13.7 Å². The molecule has 0 saturated carbocycles. The molecule has 0 radical (unpaired) electrons. The van der Waals surface area contributed by atoms with Gasteiger partial charge in [-0.1, -0.05) is 18.2 Å². The molecule has 3 rings (SSSR count). The van der Waals surface area contributed by atoms with Crippen molar-refractivity contribution in [2.45, 2.75) is 17.4 Å². The Balaban J connectivity index is 1.91. The molecule has 1 atom stereocenters. The molecule has 1 aliphatic rings. The van der Waals surface area contributed by atoms with Gasteiger partial charge in [-0.05, 0) is 36.2 Å². The van der Waals surface area contributed by atoms with Crippen LogP contribution >= 0.6 is 0 Å². The minimum atomic E-state index is -4.08. The van der Waals surface area contributed by atoms with Gasteiger partial charge in [-0.2, -0.15) is 4.31 Å². The summed E-state index contributed by atoms with van der Waals surface area (Å²) < 4.78 is 65.2. The summed E-state index contributed by atoms with van der Waals surface area (Å²) in [5.41, 5.74) is 0.781. The highest BCUT2D eigenvalue weighted by Crippen LogP contribution is 2.33. The van der Waals surface area contributed by atoms with E-state index in [0.717, 1.165) is 11.6 Å². The minimum absolute atomic E-state index is 0.0173. The van der Waals surface area contributed by atoms with E-state index in [2.05, 4.69) is 0 Å². The first-order valence-electron chi connectivity index (χ1n) is 8.10. The predicted octanol–water partition coefficient (Wildman–Crippen LogP) is 2.61. The number of ether oxygens (including phenoxy) is 2. The number of nitrogens with zero attached hydrogens (tertiary/aromatic N) is 1. The maximum absolute atomic E-state index is 14.3. The van der Waals surface area contributed by atoms with E-state index in [-0.39, 0.29) is 31.3 Å². The monoisotopic (exact) mass is 383 g/mol. The molecule has 140 valence electrons. The molecule has 0 saturated heterocycles. The molecule has 2 aromatic carbocycles. The Hall–Kier alpha value is -2.03. The molecule has 1 heterocycles. The highest BCUT2D eigenvalue weighted by atomic mass is 32.2. The summed E-state index contributed by atoms with van der Waals surface area (Å²) in [6.07, 6.45) is -0.200. The fourth-order valence-electron chi connectivity index (χ4n) is 2.89. The Bertz CT molecular complexity index is 871. The van der Waals surface area contributed by atoms with E-state index in [0.29, 0.717) is 6.42 Å². The molecule has 8 heteroatoms.